The molecule has 3 rings (SSSR count). The number of methoxy groups -OCH3 is 1. The number of fused-ring (bicyclic) bond motifs is 1. The van der Waals surface area contributed by atoms with Crippen LogP contribution in [0.3, 0.4) is 0 Å². The molecular formula is C20H22Cl2FN3O2S. The molecule has 3 aromatic rings. The third-order valence-corrected chi connectivity index (χ3v) is 5.49. The Balaban J connectivity index is 0.00000300. The van der Waals surface area contributed by atoms with Gasteiger partial charge in [-0.2, -0.15) is 0 Å². The van der Waals surface area contributed by atoms with Gasteiger partial charge in [-0.15, -0.1) is 12.4 Å². The molecule has 0 fully saturated rings. The van der Waals surface area contributed by atoms with Crippen molar-refractivity contribution in [1.29, 1.82) is 0 Å². The van der Waals surface area contributed by atoms with E-state index >= 15 is 0 Å². The Morgan fingerprint density at radius 1 is 1.24 bits per heavy atom. The summed E-state index contributed by atoms with van der Waals surface area (Å²) in [4.78, 5) is 21.4. The van der Waals surface area contributed by atoms with E-state index in [1.165, 1.54) is 24.5 Å². The molecule has 156 valence electrons. The summed E-state index contributed by atoms with van der Waals surface area (Å²) in [7, 11) is 5.45. The number of halogens is 3. The lowest BCUT2D eigenvalue weighted by atomic mass is 10.1. The van der Waals surface area contributed by atoms with Gasteiger partial charge in [0.2, 0.25) is 0 Å². The monoisotopic (exact) mass is 457 g/mol. The first-order valence-corrected chi connectivity index (χ1v) is 9.95. The van der Waals surface area contributed by atoms with Crippen LogP contribution in [0.2, 0.25) is 5.02 Å². The molecule has 0 bridgehead atoms. The Kier molecular flexibility index (Phi) is 8.22. The lowest BCUT2D eigenvalue weighted by molar-refractivity contribution is 0.0983. The van der Waals surface area contributed by atoms with Crippen molar-refractivity contribution >= 4 is 56.6 Å². The van der Waals surface area contributed by atoms with Crippen LogP contribution >= 0.6 is 35.3 Å². The zero-order valence-electron chi connectivity index (χ0n) is 16.3. The minimum atomic E-state index is -0.402. The summed E-state index contributed by atoms with van der Waals surface area (Å²) in [5.41, 5.74) is 0.616. The Hall–Kier alpha value is -1.93. The highest BCUT2D eigenvalue weighted by molar-refractivity contribution is 7.22. The van der Waals surface area contributed by atoms with Crippen molar-refractivity contribution in [3.63, 3.8) is 0 Å². The van der Waals surface area contributed by atoms with Crippen LogP contribution in [0.15, 0.2) is 36.4 Å². The molecule has 1 aromatic heterocycles. The van der Waals surface area contributed by atoms with Gasteiger partial charge in [-0.25, -0.2) is 9.37 Å². The molecule has 0 N–H and O–H groups in total. The predicted molar refractivity (Wildman–Crippen MR) is 120 cm³/mol. The van der Waals surface area contributed by atoms with E-state index in [-0.39, 0.29) is 23.8 Å². The number of hydrogen-bond donors (Lipinski definition) is 0. The van der Waals surface area contributed by atoms with Crippen molar-refractivity contribution in [1.82, 2.24) is 9.88 Å². The van der Waals surface area contributed by atoms with E-state index in [9.17, 15) is 9.18 Å². The third-order valence-electron chi connectivity index (χ3n) is 4.21. The number of nitrogens with zero attached hydrogens (tertiary/aromatic N) is 3. The van der Waals surface area contributed by atoms with E-state index < -0.39 is 5.82 Å². The van der Waals surface area contributed by atoms with Crippen molar-refractivity contribution in [3.05, 3.63) is 52.8 Å². The molecule has 0 saturated heterocycles. The SMILES string of the molecule is COc1ccc(Cl)cc1C(=O)N(CCCN(C)C)c1nc2c(F)cccc2s1.Cl. The summed E-state index contributed by atoms with van der Waals surface area (Å²) in [6.45, 7) is 1.24. The normalized spacial score (nSPS) is 10.8. The van der Waals surface area contributed by atoms with Crippen molar-refractivity contribution in [2.75, 3.05) is 39.2 Å². The zero-order valence-corrected chi connectivity index (χ0v) is 18.7. The van der Waals surface area contributed by atoms with E-state index in [2.05, 4.69) is 4.98 Å². The number of anilines is 1. The molecule has 0 atom stereocenters. The number of rotatable bonds is 7. The molecule has 5 nitrogen and oxygen atoms in total. The molecular weight excluding hydrogens is 436 g/mol. The summed E-state index contributed by atoms with van der Waals surface area (Å²) < 4.78 is 20.1. The Bertz CT molecular complexity index is 997. The standard InChI is InChI=1S/C20H21ClFN3O2S.ClH/c1-24(2)10-5-11-25(19(26)14-12-13(21)8-9-16(14)27-3)20-23-18-15(22)6-4-7-17(18)28-20;/h4,6-9,12H,5,10-11H2,1-3H3;1H. The Morgan fingerprint density at radius 2 is 2.00 bits per heavy atom. The maximum Gasteiger partial charge on any atom is 0.263 e. The maximum atomic E-state index is 14.1. The highest BCUT2D eigenvalue weighted by Crippen LogP contribution is 2.33. The molecule has 1 amide bonds. The van der Waals surface area contributed by atoms with Crippen LogP contribution in [0.1, 0.15) is 16.8 Å². The first-order valence-electron chi connectivity index (χ1n) is 8.76. The number of para-hydroxylation sites is 1. The smallest absolute Gasteiger partial charge is 0.263 e. The zero-order chi connectivity index (χ0) is 20.3. The molecule has 0 saturated carbocycles. The van der Waals surface area contributed by atoms with Crippen LogP contribution in [-0.4, -0.2) is 50.1 Å². The van der Waals surface area contributed by atoms with Gasteiger partial charge in [0.15, 0.2) is 5.13 Å². The number of hydrogen-bond acceptors (Lipinski definition) is 5. The molecule has 1 heterocycles. The predicted octanol–water partition coefficient (Wildman–Crippen LogP) is 5.12. The molecule has 0 radical (unpaired) electrons. The summed E-state index contributed by atoms with van der Waals surface area (Å²) >= 11 is 7.39. The number of carbonyl (C=O) groups is 1. The largest absolute Gasteiger partial charge is 0.496 e. The fourth-order valence-electron chi connectivity index (χ4n) is 2.84. The molecule has 29 heavy (non-hydrogen) atoms. The van der Waals surface area contributed by atoms with Gasteiger partial charge in [-0.05, 0) is 57.4 Å². The Morgan fingerprint density at radius 3 is 2.66 bits per heavy atom. The molecule has 0 aliphatic heterocycles. The van der Waals surface area contributed by atoms with Gasteiger partial charge in [0.1, 0.15) is 17.1 Å². The molecule has 0 aliphatic carbocycles. The fraction of sp³-hybridized carbons (Fsp3) is 0.300. The van der Waals surface area contributed by atoms with Crippen LogP contribution in [0.5, 0.6) is 5.75 Å². The van der Waals surface area contributed by atoms with E-state index in [1.807, 2.05) is 19.0 Å². The minimum Gasteiger partial charge on any atom is -0.496 e. The van der Waals surface area contributed by atoms with Gasteiger partial charge < -0.3 is 9.64 Å². The summed E-state index contributed by atoms with van der Waals surface area (Å²) in [5.74, 6) is -0.252. The van der Waals surface area contributed by atoms with Gasteiger partial charge >= 0.3 is 0 Å². The average molecular weight is 458 g/mol. The lowest BCUT2D eigenvalue weighted by Crippen LogP contribution is -2.33. The second kappa shape index (κ2) is 10.2. The summed E-state index contributed by atoms with van der Waals surface area (Å²) in [5, 5.41) is 0.888. The first-order chi connectivity index (χ1) is 13.4. The highest BCUT2D eigenvalue weighted by Gasteiger charge is 2.24. The van der Waals surface area contributed by atoms with Crippen molar-refractivity contribution in [2.45, 2.75) is 6.42 Å². The van der Waals surface area contributed by atoms with Crippen molar-refractivity contribution < 1.29 is 13.9 Å². The van der Waals surface area contributed by atoms with E-state index in [1.54, 1.807) is 35.2 Å². The number of ether oxygens (including phenoxy) is 1. The number of carbonyl (C=O) groups excluding carboxylic acids is 1. The fourth-order valence-corrected chi connectivity index (χ4v) is 4.02. The van der Waals surface area contributed by atoms with Crippen LogP contribution in [0, 0.1) is 5.82 Å². The molecule has 0 unspecified atom stereocenters. The Labute approximate surface area is 184 Å². The molecule has 0 spiro atoms. The van der Waals surface area contributed by atoms with Gasteiger partial charge in [-0.3, -0.25) is 9.69 Å². The minimum absolute atomic E-state index is 0. The van der Waals surface area contributed by atoms with Gasteiger partial charge in [0.25, 0.3) is 5.91 Å². The topological polar surface area (TPSA) is 45.7 Å². The molecule has 2 aromatic carbocycles. The van der Waals surface area contributed by atoms with E-state index in [0.29, 0.717) is 32.7 Å². The third kappa shape index (κ3) is 5.36. The number of aromatic nitrogens is 1. The van der Waals surface area contributed by atoms with Crippen LogP contribution < -0.4 is 9.64 Å². The number of amides is 1. The van der Waals surface area contributed by atoms with Gasteiger partial charge in [-0.1, -0.05) is 29.0 Å². The van der Waals surface area contributed by atoms with Gasteiger partial charge in [0.05, 0.1) is 17.4 Å². The van der Waals surface area contributed by atoms with E-state index in [4.69, 9.17) is 16.3 Å². The quantitative estimate of drug-likeness (QED) is 0.493. The van der Waals surface area contributed by atoms with Crippen LogP contribution in [0.4, 0.5) is 9.52 Å². The summed E-state index contributed by atoms with van der Waals surface area (Å²) in [6, 6.07) is 9.70. The van der Waals surface area contributed by atoms with Crippen LogP contribution in [-0.2, 0) is 0 Å². The van der Waals surface area contributed by atoms with Crippen molar-refractivity contribution in [3.8, 4) is 5.75 Å². The first kappa shape index (κ1) is 23.3. The van der Waals surface area contributed by atoms with Crippen LogP contribution in [0.25, 0.3) is 10.2 Å². The van der Waals surface area contributed by atoms with Gasteiger partial charge in [0, 0.05) is 11.6 Å². The summed E-state index contributed by atoms with van der Waals surface area (Å²) in [6.07, 6.45) is 0.736. The second-order valence-electron chi connectivity index (χ2n) is 6.54. The molecule has 0 aliphatic rings. The number of thiazole rings is 1. The van der Waals surface area contributed by atoms with Crippen molar-refractivity contribution in [2.24, 2.45) is 0 Å². The second-order valence-corrected chi connectivity index (χ2v) is 7.99. The van der Waals surface area contributed by atoms with E-state index in [0.717, 1.165) is 13.0 Å². The lowest BCUT2D eigenvalue weighted by Gasteiger charge is -2.22. The highest BCUT2D eigenvalue weighted by atomic mass is 35.5. The maximum absolute atomic E-state index is 14.1. The molecule has 9 heteroatoms. The average Bonchev–Trinajstić information content (AvgIpc) is 3.10. The number of benzene rings is 2.